The molecule has 2 rings (SSSR count). The van der Waals surface area contributed by atoms with E-state index < -0.39 is 0 Å². The van der Waals surface area contributed by atoms with E-state index in [0.29, 0.717) is 12.2 Å². The van der Waals surface area contributed by atoms with Crippen molar-refractivity contribution in [2.75, 3.05) is 0 Å². The highest BCUT2D eigenvalue weighted by Gasteiger charge is 2.04. The van der Waals surface area contributed by atoms with Crippen molar-refractivity contribution in [3.05, 3.63) is 63.3 Å². The Morgan fingerprint density at radius 3 is 2.82 bits per heavy atom. The lowest BCUT2D eigenvalue weighted by atomic mass is 10.1. The molecule has 0 aliphatic heterocycles. The molecule has 0 aliphatic carbocycles. The largest absolute Gasteiger partial charge is 0.309 e. The van der Waals surface area contributed by atoms with Crippen LogP contribution in [0.15, 0.2) is 35.3 Å². The Hall–Kier alpha value is -2.41. The number of aryl methyl sites for hydroxylation is 1. The molecule has 0 saturated carbocycles. The van der Waals surface area contributed by atoms with Crippen molar-refractivity contribution >= 4 is 0 Å². The summed E-state index contributed by atoms with van der Waals surface area (Å²) in [6, 6.07) is 9.71. The average Bonchev–Trinajstić information content (AvgIpc) is 2.32. The summed E-state index contributed by atoms with van der Waals surface area (Å²) in [5.74, 6) is 0.573. The fraction of sp³-hybridized carbons (Fsp3) is 0.154. The third kappa shape index (κ3) is 2.40. The van der Waals surface area contributed by atoms with Gasteiger partial charge < -0.3 is 4.98 Å². The molecule has 0 saturated heterocycles. The van der Waals surface area contributed by atoms with Crippen molar-refractivity contribution in [3.63, 3.8) is 0 Å². The van der Waals surface area contributed by atoms with Crippen molar-refractivity contribution in [2.24, 2.45) is 0 Å². The van der Waals surface area contributed by atoms with E-state index >= 15 is 0 Å². The summed E-state index contributed by atoms with van der Waals surface area (Å²) < 4.78 is 0. The number of hydrogen-bond donors (Lipinski definition) is 1. The zero-order valence-electron chi connectivity index (χ0n) is 9.40. The number of nitrogens with zero attached hydrogens (tertiary/aromatic N) is 2. The van der Waals surface area contributed by atoms with E-state index in [1.54, 1.807) is 6.07 Å². The maximum Gasteiger partial charge on any atom is 0.268 e. The number of benzene rings is 1. The van der Waals surface area contributed by atoms with E-state index in [1.807, 2.05) is 31.2 Å². The van der Waals surface area contributed by atoms with Crippen LogP contribution in [-0.4, -0.2) is 9.97 Å². The molecule has 0 spiro atoms. The van der Waals surface area contributed by atoms with E-state index in [1.165, 1.54) is 6.20 Å². The standard InChI is InChI=1S/C13H11N3O/c1-9-4-2-3-5-10(9)6-12-15-8-11(7-14)13(17)16-12/h2-5,8H,6H2,1H3,(H,15,16,17). The fourth-order valence-corrected chi connectivity index (χ4v) is 1.59. The lowest BCUT2D eigenvalue weighted by Crippen LogP contribution is -2.14. The van der Waals surface area contributed by atoms with Crippen LogP contribution in [0.3, 0.4) is 0 Å². The number of aromatic amines is 1. The lowest BCUT2D eigenvalue weighted by Gasteiger charge is -2.04. The Bertz CT molecular complexity index is 638. The molecule has 4 nitrogen and oxygen atoms in total. The van der Waals surface area contributed by atoms with Crippen molar-refractivity contribution < 1.29 is 0 Å². The normalized spacial score (nSPS) is 9.88. The van der Waals surface area contributed by atoms with Crippen molar-refractivity contribution in [1.29, 1.82) is 5.26 Å². The third-order valence-corrected chi connectivity index (χ3v) is 2.59. The summed E-state index contributed by atoms with van der Waals surface area (Å²) in [4.78, 5) is 18.1. The molecule has 0 aliphatic rings. The fourth-order valence-electron chi connectivity index (χ4n) is 1.59. The molecule has 0 atom stereocenters. The Labute approximate surface area is 98.6 Å². The molecule has 1 aromatic carbocycles. The van der Waals surface area contributed by atoms with Crippen LogP contribution in [0.2, 0.25) is 0 Å². The smallest absolute Gasteiger partial charge is 0.268 e. The molecule has 4 heteroatoms. The monoisotopic (exact) mass is 225 g/mol. The van der Waals surface area contributed by atoms with Crippen LogP contribution in [-0.2, 0) is 6.42 Å². The molecule has 0 amide bonds. The van der Waals surface area contributed by atoms with Gasteiger partial charge in [0, 0.05) is 6.42 Å². The van der Waals surface area contributed by atoms with Gasteiger partial charge in [-0.25, -0.2) is 4.98 Å². The number of rotatable bonds is 2. The second kappa shape index (κ2) is 4.62. The van der Waals surface area contributed by atoms with Gasteiger partial charge >= 0.3 is 0 Å². The highest BCUT2D eigenvalue weighted by atomic mass is 16.1. The number of nitriles is 1. The van der Waals surface area contributed by atoms with Crippen LogP contribution in [0.1, 0.15) is 22.5 Å². The van der Waals surface area contributed by atoms with E-state index in [9.17, 15) is 4.79 Å². The molecule has 0 bridgehead atoms. The minimum atomic E-state index is -0.383. The molecular formula is C13H11N3O. The average molecular weight is 225 g/mol. The van der Waals surface area contributed by atoms with Crippen molar-refractivity contribution in [2.45, 2.75) is 13.3 Å². The highest BCUT2D eigenvalue weighted by molar-refractivity contribution is 5.29. The topological polar surface area (TPSA) is 69.5 Å². The zero-order valence-corrected chi connectivity index (χ0v) is 9.40. The van der Waals surface area contributed by atoms with Gasteiger partial charge in [-0.3, -0.25) is 4.79 Å². The first kappa shape index (κ1) is 11.1. The summed E-state index contributed by atoms with van der Waals surface area (Å²) in [7, 11) is 0. The third-order valence-electron chi connectivity index (χ3n) is 2.59. The van der Waals surface area contributed by atoms with Gasteiger partial charge in [0.15, 0.2) is 0 Å². The predicted octanol–water partition coefficient (Wildman–Crippen LogP) is 1.54. The molecule has 1 aromatic heterocycles. The molecule has 1 N–H and O–H groups in total. The van der Waals surface area contributed by atoms with E-state index in [0.717, 1.165) is 11.1 Å². The zero-order chi connectivity index (χ0) is 12.3. The van der Waals surface area contributed by atoms with Gasteiger partial charge in [-0.05, 0) is 18.1 Å². The van der Waals surface area contributed by atoms with Gasteiger partial charge in [0.2, 0.25) is 0 Å². The first-order chi connectivity index (χ1) is 8.20. The number of hydrogen-bond acceptors (Lipinski definition) is 3. The summed E-state index contributed by atoms with van der Waals surface area (Å²) in [6.07, 6.45) is 1.88. The SMILES string of the molecule is Cc1ccccc1Cc1ncc(C#N)c(=O)[nH]1. The maximum atomic E-state index is 11.4. The molecule has 0 radical (unpaired) electrons. The van der Waals surface area contributed by atoms with Crippen molar-refractivity contribution in [3.8, 4) is 6.07 Å². The number of nitrogens with one attached hydrogen (secondary N) is 1. The molecule has 17 heavy (non-hydrogen) atoms. The maximum absolute atomic E-state index is 11.4. The molecule has 0 fully saturated rings. The van der Waals surface area contributed by atoms with Gasteiger partial charge in [0.25, 0.3) is 5.56 Å². The van der Waals surface area contributed by atoms with Gasteiger partial charge in [0.05, 0.1) is 6.20 Å². The van der Waals surface area contributed by atoms with E-state index in [4.69, 9.17) is 5.26 Å². The van der Waals surface area contributed by atoms with Gasteiger partial charge in [-0.2, -0.15) is 5.26 Å². The summed E-state index contributed by atoms with van der Waals surface area (Å²) in [6.45, 7) is 2.01. The molecule has 1 heterocycles. The van der Waals surface area contributed by atoms with E-state index in [2.05, 4.69) is 9.97 Å². The number of aromatic nitrogens is 2. The number of H-pyrrole nitrogens is 1. The minimum absolute atomic E-state index is 0.0403. The molecule has 84 valence electrons. The van der Waals surface area contributed by atoms with Crippen LogP contribution in [0.25, 0.3) is 0 Å². The second-order valence-corrected chi connectivity index (χ2v) is 3.79. The minimum Gasteiger partial charge on any atom is -0.309 e. The molecule has 0 unspecified atom stereocenters. The van der Waals surface area contributed by atoms with Gasteiger partial charge in [-0.15, -0.1) is 0 Å². The molecule has 2 aromatic rings. The highest BCUT2D eigenvalue weighted by Crippen LogP contribution is 2.10. The Morgan fingerprint density at radius 1 is 1.41 bits per heavy atom. The first-order valence-electron chi connectivity index (χ1n) is 5.23. The quantitative estimate of drug-likeness (QED) is 0.842. The van der Waals surface area contributed by atoms with Crippen molar-refractivity contribution in [1.82, 2.24) is 9.97 Å². The summed E-state index contributed by atoms with van der Waals surface area (Å²) in [5.41, 5.74) is 1.92. The van der Waals surface area contributed by atoms with Crippen LogP contribution in [0, 0.1) is 18.3 Å². The van der Waals surface area contributed by atoms with E-state index in [-0.39, 0.29) is 11.1 Å². The summed E-state index contributed by atoms with van der Waals surface area (Å²) in [5, 5.41) is 8.63. The Kier molecular flexibility index (Phi) is 3.01. The summed E-state index contributed by atoms with van der Waals surface area (Å²) >= 11 is 0. The molecular weight excluding hydrogens is 214 g/mol. The Morgan fingerprint density at radius 2 is 2.18 bits per heavy atom. The van der Waals surface area contributed by atoms with Crippen LogP contribution in [0.4, 0.5) is 0 Å². The Balaban J connectivity index is 2.32. The van der Waals surface area contributed by atoms with Crippen LogP contribution < -0.4 is 5.56 Å². The van der Waals surface area contributed by atoms with Gasteiger partial charge in [-0.1, -0.05) is 24.3 Å². The van der Waals surface area contributed by atoms with Crippen LogP contribution >= 0.6 is 0 Å². The van der Waals surface area contributed by atoms with Gasteiger partial charge in [0.1, 0.15) is 17.5 Å². The predicted molar refractivity (Wildman–Crippen MR) is 63.6 cm³/mol. The lowest BCUT2D eigenvalue weighted by molar-refractivity contribution is 0.934. The second-order valence-electron chi connectivity index (χ2n) is 3.79. The first-order valence-corrected chi connectivity index (χ1v) is 5.23. The van der Waals surface area contributed by atoms with Crippen LogP contribution in [0.5, 0.6) is 0 Å².